The molecule has 0 atom stereocenters. The summed E-state index contributed by atoms with van der Waals surface area (Å²) in [4.78, 5) is 0. The normalized spacial score (nSPS) is 10.1. The van der Waals surface area contributed by atoms with Crippen molar-refractivity contribution in [1.82, 2.24) is 10.2 Å². The van der Waals surface area contributed by atoms with Crippen molar-refractivity contribution in [2.45, 2.75) is 54.9 Å². The average molecular weight is 383 g/mol. The second-order valence-corrected chi connectivity index (χ2v) is 5.97. The number of benzene rings is 2. The summed E-state index contributed by atoms with van der Waals surface area (Å²) in [6.07, 6.45) is 4.22. The van der Waals surface area contributed by atoms with Gasteiger partial charge in [0.15, 0.2) is 0 Å². The van der Waals surface area contributed by atoms with E-state index in [0.29, 0.717) is 18.2 Å². The molecule has 0 saturated heterocycles. The molecule has 3 aromatic rings. The van der Waals surface area contributed by atoms with Gasteiger partial charge >= 0.3 is 0 Å². The number of hydrogen-bond acceptors (Lipinski definition) is 3. The van der Waals surface area contributed by atoms with Crippen molar-refractivity contribution in [1.29, 1.82) is 0 Å². The summed E-state index contributed by atoms with van der Waals surface area (Å²) in [6.45, 7) is 14.0. The van der Waals surface area contributed by atoms with Crippen molar-refractivity contribution in [2.24, 2.45) is 0 Å². The van der Waals surface area contributed by atoms with Gasteiger partial charge in [0.25, 0.3) is 0 Å². The third-order valence-corrected chi connectivity index (χ3v) is 3.97. The molecular weight excluding hydrogens is 351 g/mol. The van der Waals surface area contributed by atoms with Gasteiger partial charge in [-0.3, -0.25) is 0 Å². The maximum absolute atomic E-state index is 13.1. The van der Waals surface area contributed by atoms with Gasteiger partial charge in [-0.15, -0.1) is 10.2 Å². The van der Waals surface area contributed by atoms with Crippen LogP contribution in [-0.2, 0) is 6.42 Å². The molecule has 3 nitrogen and oxygen atoms in total. The van der Waals surface area contributed by atoms with Crippen LogP contribution >= 0.6 is 0 Å². The van der Waals surface area contributed by atoms with E-state index in [1.807, 2.05) is 40.7 Å². The Morgan fingerprint density at radius 3 is 2.25 bits per heavy atom. The Hall–Kier alpha value is -2.75. The first kappa shape index (κ1) is 23.3. The van der Waals surface area contributed by atoms with Gasteiger partial charge < -0.3 is 4.42 Å². The molecule has 1 heterocycles. The van der Waals surface area contributed by atoms with E-state index in [-0.39, 0.29) is 5.82 Å². The first-order valence-electron chi connectivity index (χ1n) is 9.84. The predicted octanol–water partition coefficient (Wildman–Crippen LogP) is 6.95. The lowest BCUT2D eigenvalue weighted by Crippen LogP contribution is -1.93. The SMILES string of the molecule is CC.CC.Cc1ccc(C)c(Cc2nnc(/C=C/c3ccc(F)cc3C)o2)c1. The predicted molar refractivity (Wildman–Crippen MR) is 116 cm³/mol. The Labute approximate surface area is 168 Å². The number of hydrogen-bond donors (Lipinski definition) is 0. The van der Waals surface area contributed by atoms with E-state index in [1.165, 1.54) is 28.8 Å². The lowest BCUT2D eigenvalue weighted by atomic mass is 10.0. The summed E-state index contributed by atoms with van der Waals surface area (Å²) in [5.74, 6) is 0.788. The van der Waals surface area contributed by atoms with E-state index >= 15 is 0 Å². The molecule has 0 spiro atoms. The highest BCUT2D eigenvalue weighted by Gasteiger charge is 2.07. The Morgan fingerprint density at radius 1 is 0.857 bits per heavy atom. The van der Waals surface area contributed by atoms with Crippen molar-refractivity contribution in [2.75, 3.05) is 0 Å². The maximum atomic E-state index is 13.1. The van der Waals surface area contributed by atoms with Crippen LogP contribution in [0.15, 0.2) is 40.8 Å². The van der Waals surface area contributed by atoms with Crippen molar-refractivity contribution in [3.8, 4) is 0 Å². The van der Waals surface area contributed by atoms with E-state index in [2.05, 4.69) is 42.2 Å². The fourth-order valence-corrected chi connectivity index (χ4v) is 2.55. The largest absolute Gasteiger partial charge is 0.421 e. The van der Waals surface area contributed by atoms with E-state index in [0.717, 1.165) is 11.1 Å². The lowest BCUT2D eigenvalue weighted by molar-refractivity contribution is 0.496. The minimum absolute atomic E-state index is 0.238. The third-order valence-electron chi connectivity index (χ3n) is 3.97. The number of aryl methyl sites for hydroxylation is 3. The van der Waals surface area contributed by atoms with Crippen LogP contribution in [0.1, 0.15) is 67.3 Å². The molecule has 0 N–H and O–H groups in total. The van der Waals surface area contributed by atoms with Crippen LogP contribution in [0.2, 0.25) is 0 Å². The molecule has 28 heavy (non-hydrogen) atoms. The Morgan fingerprint density at radius 2 is 1.57 bits per heavy atom. The van der Waals surface area contributed by atoms with E-state index in [9.17, 15) is 4.39 Å². The zero-order valence-electron chi connectivity index (χ0n) is 18.0. The minimum atomic E-state index is -0.238. The molecule has 0 unspecified atom stereocenters. The van der Waals surface area contributed by atoms with Crippen molar-refractivity contribution >= 4 is 12.2 Å². The second kappa shape index (κ2) is 11.9. The smallest absolute Gasteiger partial charge is 0.240 e. The summed E-state index contributed by atoms with van der Waals surface area (Å²) in [6, 6.07) is 11.0. The fourth-order valence-electron chi connectivity index (χ4n) is 2.55. The molecule has 1 aromatic heterocycles. The highest BCUT2D eigenvalue weighted by Crippen LogP contribution is 2.17. The monoisotopic (exact) mass is 382 g/mol. The van der Waals surface area contributed by atoms with Gasteiger partial charge in [-0.2, -0.15) is 0 Å². The first-order valence-corrected chi connectivity index (χ1v) is 9.84. The van der Waals surface area contributed by atoms with Crippen molar-refractivity contribution in [3.63, 3.8) is 0 Å². The molecule has 0 aliphatic carbocycles. The van der Waals surface area contributed by atoms with Gasteiger partial charge in [-0.1, -0.05) is 57.5 Å². The second-order valence-electron chi connectivity index (χ2n) is 5.97. The quantitative estimate of drug-likeness (QED) is 0.490. The van der Waals surface area contributed by atoms with Crippen LogP contribution in [-0.4, -0.2) is 10.2 Å². The Balaban J connectivity index is 0.000000921. The summed E-state index contributed by atoms with van der Waals surface area (Å²) in [5.41, 5.74) is 5.38. The number of halogens is 1. The van der Waals surface area contributed by atoms with E-state index in [4.69, 9.17) is 4.42 Å². The number of rotatable bonds is 4. The molecule has 0 amide bonds. The molecule has 0 bridgehead atoms. The van der Waals surface area contributed by atoms with Gasteiger partial charge in [-0.05, 0) is 61.2 Å². The molecule has 2 aromatic carbocycles. The lowest BCUT2D eigenvalue weighted by Gasteiger charge is -2.03. The molecule has 0 fully saturated rings. The number of nitrogens with zero attached hydrogens (tertiary/aromatic N) is 2. The fraction of sp³-hybridized carbons (Fsp3) is 0.333. The highest BCUT2D eigenvalue weighted by molar-refractivity contribution is 5.67. The third kappa shape index (κ3) is 6.76. The topological polar surface area (TPSA) is 38.9 Å². The zero-order chi connectivity index (χ0) is 21.1. The first-order chi connectivity index (χ1) is 13.5. The highest BCUT2D eigenvalue weighted by atomic mass is 19.1. The molecule has 0 saturated carbocycles. The summed E-state index contributed by atoms with van der Waals surface area (Å²) in [5, 5.41) is 8.15. The van der Waals surface area contributed by atoms with Crippen LogP contribution in [0.25, 0.3) is 12.2 Å². The Bertz CT molecular complexity index is 897. The summed E-state index contributed by atoms with van der Waals surface area (Å²) >= 11 is 0. The van der Waals surface area contributed by atoms with Gasteiger partial charge in [0.2, 0.25) is 11.8 Å². The molecule has 0 aliphatic rings. The summed E-state index contributed by atoms with van der Waals surface area (Å²) in [7, 11) is 0. The van der Waals surface area contributed by atoms with Gasteiger partial charge in [0.1, 0.15) is 5.82 Å². The van der Waals surface area contributed by atoms with E-state index < -0.39 is 0 Å². The summed E-state index contributed by atoms with van der Waals surface area (Å²) < 4.78 is 18.8. The molecule has 150 valence electrons. The van der Waals surface area contributed by atoms with Gasteiger partial charge in [-0.25, -0.2) is 4.39 Å². The molecule has 4 heteroatoms. The van der Waals surface area contributed by atoms with Crippen molar-refractivity contribution < 1.29 is 8.81 Å². The standard InChI is InChI=1S/C20H19FN2O.2C2H6/c1-13-4-5-14(2)17(10-13)12-20-23-22-19(24-20)9-7-16-6-8-18(21)11-15(16)3;2*1-2/h4-11H,12H2,1-3H3;2*1-2H3/b9-7+;;. The van der Waals surface area contributed by atoms with Crippen molar-refractivity contribution in [3.05, 3.63) is 81.8 Å². The molecular formula is C24H31FN2O. The average Bonchev–Trinajstić information content (AvgIpc) is 3.15. The van der Waals surface area contributed by atoms with Gasteiger partial charge in [0, 0.05) is 6.08 Å². The number of aromatic nitrogens is 2. The van der Waals surface area contributed by atoms with Crippen LogP contribution in [0.5, 0.6) is 0 Å². The molecule has 0 aliphatic heterocycles. The van der Waals surface area contributed by atoms with Crippen LogP contribution in [0.3, 0.4) is 0 Å². The maximum Gasteiger partial charge on any atom is 0.240 e. The Kier molecular flexibility index (Phi) is 9.86. The van der Waals surface area contributed by atoms with E-state index in [1.54, 1.807) is 12.1 Å². The minimum Gasteiger partial charge on any atom is -0.421 e. The van der Waals surface area contributed by atoms with Crippen LogP contribution in [0, 0.1) is 26.6 Å². The van der Waals surface area contributed by atoms with Crippen LogP contribution < -0.4 is 0 Å². The molecule has 3 rings (SSSR count). The zero-order valence-corrected chi connectivity index (χ0v) is 18.0. The molecule has 0 radical (unpaired) electrons. The van der Waals surface area contributed by atoms with Crippen LogP contribution in [0.4, 0.5) is 4.39 Å². The van der Waals surface area contributed by atoms with Gasteiger partial charge in [0.05, 0.1) is 6.42 Å².